The van der Waals surface area contributed by atoms with Crippen LogP contribution in [0.1, 0.15) is 32.7 Å². The molecule has 4 aromatic rings. The second-order valence-electron chi connectivity index (χ2n) is 7.79. The van der Waals surface area contributed by atoms with Crippen molar-refractivity contribution in [1.82, 2.24) is 5.32 Å². The van der Waals surface area contributed by atoms with Crippen LogP contribution in [-0.2, 0) is 16.0 Å². The van der Waals surface area contributed by atoms with Crippen LogP contribution in [-0.4, -0.2) is 52.0 Å². The van der Waals surface area contributed by atoms with Gasteiger partial charge in [-0.05, 0) is 79.7 Å². The van der Waals surface area contributed by atoms with Gasteiger partial charge in [0.1, 0.15) is 23.4 Å². The number of aryl methyl sites for hydroxylation is 1. The molecule has 1 aromatic heterocycles. The molecular weight excluding hydrogens is 477 g/mol. The van der Waals surface area contributed by atoms with E-state index >= 15 is 0 Å². The van der Waals surface area contributed by atoms with Crippen molar-refractivity contribution in [3.63, 3.8) is 0 Å². The Bertz CT molecular complexity index is 1340. The molecule has 0 radical (unpaired) electrons. The average Bonchev–Trinajstić information content (AvgIpc) is 3.30. The van der Waals surface area contributed by atoms with Crippen LogP contribution in [0.2, 0.25) is 0 Å². The maximum Gasteiger partial charge on any atom is 0.305 e. The lowest BCUT2D eigenvalue weighted by atomic mass is 9.93. The first-order chi connectivity index (χ1) is 17.9. The number of rotatable bonds is 7. The van der Waals surface area contributed by atoms with Crippen LogP contribution in [0.3, 0.4) is 0 Å². The summed E-state index contributed by atoms with van der Waals surface area (Å²) in [4.78, 5) is 35.0. The number of methoxy groups -OCH3 is 1. The van der Waals surface area contributed by atoms with E-state index in [1.54, 1.807) is 36.4 Å². The van der Waals surface area contributed by atoms with E-state index in [-0.39, 0.29) is 18.2 Å². The summed E-state index contributed by atoms with van der Waals surface area (Å²) >= 11 is 0. The average molecular weight is 508 g/mol. The zero-order chi connectivity index (χ0) is 27.4. The third kappa shape index (κ3) is 7.19. The van der Waals surface area contributed by atoms with Crippen molar-refractivity contribution in [3.05, 3.63) is 83.2 Å². The van der Waals surface area contributed by atoms with Crippen LogP contribution in [0, 0.1) is 5.82 Å². The predicted molar refractivity (Wildman–Crippen MR) is 141 cm³/mol. The molecule has 0 bridgehead atoms. The molecule has 0 saturated heterocycles. The molecule has 0 aliphatic heterocycles. The minimum atomic E-state index is -0.389. The third-order valence-corrected chi connectivity index (χ3v) is 5.34. The lowest BCUT2D eigenvalue weighted by molar-refractivity contribution is -0.140. The second-order valence-corrected chi connectivity index (χ2v) is 7.79. The highest BCUT2D eigenvalue weighted by molar-refractivity contribution is 6.04. The van der Waals surface area contributed by atoms with Gasteiger partial charge < -0.3 is 19.6 Å². The first-order valence-electron chi connectivity index (χ1n) is 11.4. The third-order valence-electron chi connectivity index (χ3n) is 5.34. The van der Waals surface area contributed by atoms with Crippen LogP contribution in [0.5, 0.6) is 0 Å². The van der Waals surface area contributed by atoms with Gasteiger partial charge in [0.15, 0.2) is 6.29 Å². The van der Waals surface area contributed by atoms with E-state index in [1.165, 1.54) is 19.2 Å². The van der Waals surface area contributed by atoms with Gasteiger partial charge in [0, 0.05) is 30.0 Å². The highest BCUT2D eigenvalue weighted by Gasteiger charge is 2.19. The number of nitrogens with one attached hydrogen (secondary N) is 1. The zero-order valence-electron chi connectivity index (χ0n) is 21.2. The number of aliphatic hydroxyl groups excluding tert-OH is 1. The summed E-state index contributed by atoms with van der Waals surface area (Å²) in [5.41, 5.74) is 4.27. The molecule has 0 spiro atoms. The van der Waals surface area contributed by atoms with E-state index in [9.17, 15) is 18.8 Å². The fourth-order valence-corrected chi connectivity index (χ4v) is 3.73. The molecule has 0 fully saturated rings. The number of carbonyl (C=O) groups excluding carboxylic acids is 3. The van der Waals surface area contributed by atoms with Gasteiger partial charge in [0.05, 0.1) is 12.7 Å². The van der Waals surface area contributed by atoms with Crippen LogP contribution >= 0.6 is 0 Å². The molecule has 0 aliphatic rings. The lowest BCUT2D eigenvalue weighted by Gasteiger charge is -2.11. The number of fused-ring (bicyclic) bond motifs is 1. The molecule has 4 rings (SSSR count). The number of aliphatic hydroxyl groups is 1. The van der Waals surface area contributed by atoms with E-state index in [1.807, 2.05) is 26.2 Å². The summed E-state index contributed by atoms with van der Waals surface area (Å²) in [5.74, 6) is -0.398. The van der Waals surface area contributed by atoms with E-state index < -0.39 is 0 Å². The Morgan fingerprint density at radius 1 is 1.00 bits per heavy atom. The van der Waals surface area contributed by atoms with Gasteiger partial charge in [-0.2, -0.15) is 0 Å². The van der Waals surface area contributed by atoms with Crippen molar-refractivity contribution >= 4 is 29.5 Å². The highest BCUT2D eigenvalue weighted by atomic mass is 19.1. The smallest absolute Gasteiger partial charge is 0.305 e. The molecule has 0 aliphatic carbocycles. The predicted octanol–water partition coefficient (Wildman–Crippen LogP) is 5.08. The first-order valence-corrected chi connectivity index (χ1v) is 11.4. The monoisotopic (exact) mass is 507 g/mol. The van der Waals surface area contributed by atoms with Crippen molar-refractivity contribution in [3.8, 4) is 22.5 Å². The van der Waals surface area contributed by atoms with Crippen molar-refractivity contribution in [2.45, 2.75) is 12.8 Å². The molecule has 8 heteroatoms. The summed E-state index contributed by atoms with van der Waals surface area (Å²) in [6.45, 7) is 0. The standard InChI is InChI=1S/C26H19FO5.C2H7N.CH4O/c1-31-25(30)10-7-19-12-24-22(13-21(19)18-4-2-3-16(11-18)14-28)23(15-29)26(32-24)17-5-8-20(27)9-6-17;1-3-2;1-2/h2-6,8-9,11-15H,7,10H2,1H3;3H,1-2H3;2H,1H3. The van der Waals surface area contributed by atoms with Crippen LogP contribution in [0.15, 0.2) is 65.1 Å². The summed E-state index contributed by atoms with van der Waals surface area (Å²) in [6.07, 6.45) is 2.02. The fraction of sp³-hybridized carbons (Fsp3) is 0.207. The van der Waals surface area contributed by atoms with Crippen molar-refractivity contribution < 1.29 is 33.0 Å². The van der Waals surface area contributed by atoms with E-state index in [0.717, 1.165) is 30.1 Å². The van der Waals surface area contributed by atoms with Gasteiger partial charge >= 0.3 is 5.97 Å². The zero-order valence-corrected chi connectivity index (χ0v) is 21.2. The first kappa shape index (κ1) is 29.1. The van der Waals surface area contributed by atoms with Gasteiger partial charge in [0.2, 0.25) is 0 Å². The minimum Gasteiger partial charge on any atom is -0.469 e. The molecule has 0 saturated carbocycles. The van der Waals surface area contributed by atoms with Crippen molar-refractivity contribution in [1.29, 1.82) is 0 Å². The maximum absolute atomic E-state index is 13.4. The number of ether oxygens (including phenoxy) is 1. The Balaban J connectivity index is 0.000000898. The molecule has 1 heterocycles. The summed E-state index contributed by atoms with van der Waals surface area (Å²) in [7, 11) is 6.08. The Kier molecular flexibility index (Phi) is 11.3. The Labute approximate surface area is 214 Å². The lowest BCUT2D eigenvalue weighted by Crippen LogP contribution is -2.03. The quantitative estimate of drug-likeness (QED) is 0.265. The number of carbonyl (C=O) groups is 3. The molecule has 194 valence electrons. The molecule has 37 heavy (non-hydrogen) atoms. The van der Waals surface area contributed by atoms with Crippen LogP contribution < -0.4 is 5.32 Å². The van der Waals surface area contributed by atoms with Gasteiger partial charge in [0.25, 0.3) is 0 Å². The normalized spacial score (nSPS) is 10.0. The van der Waals surface area contributed by atoms with Crippen LogP contribution in [0.25, 0.3) is 33.4 Å². The van der Waals surface area contributed by atoms with E-state index in [2.05, 4.69) is 5.32 Å². The molecule has 3 aromatic carbocycles. The SMILES string of the molecule is CNC.CO.COC(=O)CCc1cc2oc(-c3ccc(F)cc3)c(C=O)c2cc1-c1cccc(C=O)c1. The molecule has 2 N–H and O–H groups in total. The van der Waals surface area contributed by atoms with Crippen molar-refractivity contribution in [2.75, 3.05) is 28.3 Å². The second kappa shape index (κ2) is 14.4. The van der Waals surface area contributed by atoms with Gasteiger partial charge in [-0.3, -0.25) is 14.4 Å². The molecule has 0 amide bonds. The number of furan rings is 1. The number of esters is 1. The minimum absolute atomic E-state index is 0.161. The van der Waals surface area contributed by atoms with Gasteiger partial charge in [-0.25, -0.2) is 4.39 Å². The number of benzene rings is 3. The van der Waals surface area contributed by atoms with E-state index in [0.29, 0.717) is 46.1 Å². The van der Waals surface area contributed by atoms with Crippen molar-refractivity contribution in [2.24, 2.45) is 0 Å². The maximum atomic E-state index is 13.4. The largest absolute Gasteiger partial charge is 0.469 e. The Hall–Kier alpha value is -4.14. The number of hydrogen-bond acceptors (Lipinski definition) is 7. The molecule has 7 nitrogen and oxygen atoms in total. The van der Waals surface area contributed by atoms with Gasteiger partial charge in [-0.1, -0.05) is 18.2 Å². The molecular formula is C29H30FNO6. The molecule has 0 atom stereocenters. The Morgan fingerprint density at radius 3 is 2.27 bits per heavy atom. The number of aldehydes is 2. The van der Waals surface area contributed by atoms with Gasteiger partial charge in [-0.15, -0.1) is 0 Å². The fourth-order valence-electron chi connectivity index (χ4n) is 3.73. The van der Waals surface area contributed by atoms with E-state index in [4.69, 9.17) is 14.3 Å². The topological polar surface area (TPSA) is 106 Å². The summed E-state index contributed by atoms with van der Waals surface area (Å²) in [5, 5.41) is 10.3. The molecule has 0 unspecified atom stereocenters. The number of halogens is 1. The Morgan fingerprint density at radius 2 is 1.68 bits per heavy atom. The van der Waals surface area contributed by atoms with Crippen LogP contribution in [0.4, 0.5) is 4.39 Å². The summed E-state index contributed by atoms with van der Waals surface area (Å²) in [6, 6.07) is 16.4. The summed E-state index contributed by atoms with van der Waals surface area (Å²) < 4.78 is 24.1. The highest BCUT2D eigenvalue weighted by Crippen LogP contribution is 2.37. The number of hydrogen-bond donors (Lipinski definition) is 2.